The van der Waals surface area contributed by atoms with Gasteiger partial charge in [0.1, 0.15) is 5.82 Å². The van der Waals surface area contributed by atoms with Gasteiger partial charge in [0, 0.05) is 6.04 Å². The highest BCUT2D eigenvalue weighted by Crippen LogP contribution is 2.23. The van der Waals surface area contributed by atoms with E-state index < -0.39 is 5.82 Å². The van der Waals surface area contributed by atoms with Gasteiger partial charge in [-0.05, 0) is 49.1 Å². The van der Waals surface area contributed by atoms with Crippen LogP contribution in [0.2, 0.25) is 5.02 Å². The maximum absolute atomic E-state index is 13.1. The van der Waals surface area contributed by atoms with Gasteiger partial charge in [0.15, 0.2) is 0 Å². The second-order valence-corrected chi connectivity index (χ2v) is 5.33. The summed E-state index contributed by atoms with van der Waals surface area (Å²) in [4.78, 5) is 0. The SMILES string of the molecule is Cc1ccc(C)c(C(N)Cc2ccc(F)c(Cl)c2)c1. The normalized spacial score (nSPS) is 12.5. The van der Waals surface area contributed by atoms with Gasteiger partial charge < -0.3 is 5.73 Å². The van der Waals surface area contributed by atoms with E-state index in [1.165, 1.54) is 17.2 Å². The second-order valence-electron chi connectivity index (χ2n) is 4.92. The van der Waals surface area contributed by atoms with Crippen LogP contribution in [0.4, 0.5) is 4.39 Å². The highest BCUT2D eigenvalue weighted by molar-refractivity contribution is 6.30. The third-order valence-corrected chi connectivity index (χ3v) is 3.56. The van der Waals surface area contributed by atoms with Gasteiger partial charge in [-0.1, -0.05) is 41.4 Å². The smallest absolute Gasteiger partial charge is 0.141 e. The van der Waals surface area contributed by atoms with E-state index in [2.05, 4.69) is 18.2 Å². The number of rotatable bonds is 3. The van der Waals surface area contributed by atoms with Gasteiger partial charge in [-0.2, -0.15) is 0 Å². The second kappa shape index (κ2) is 5.72. The molecule has 0 radical (unpaired) electrons. The first-order valence-corrected chi connectivity index (χ1v) is 6.62. The van der Waals surface area contributed by atoms with Crippen LogP contribution in [-0.2, 0) is 6.42 Å². The van der Waals surface area contributed by atoms with Crippen molar-refractivity contribution < 1.29 is 4.39 Å². The van der Waals surface area contributed by atoms with Crippen molar-refractivity contribution in [3.8, 4) is 0 Å². The van der Waals surface area contributed by atoms with Gasteiger partial charge in [0.05, 0.1) is 5.02 Å². The monoisotopic (exact) mass is 277 g/mol. The molecule has 0 amide bonds. The Bertz CT molecular complexity index is 595. The molecule has 2 aromatic carbocycles. The van der Waals surface area contributed by atoms with Crippen LogP contribution < -0.4 is 5.73 Å². The lowest BCUT2D eigenvalue weighted by molar-refractivity contribution is 0.626. The lowest BCUT2D eigenvalue weighted by Gasteiger charge is -2.16. The zero-order valence-corrected chi connectivity index (χ0v) is 11.8. The summed E-state index contributed by atoms with van der Waals surface area (Å²) in [6, 6.07) is 10.9. The molecule has 0 saturated heterocycles. The van der Waals surface area contributed by atoms with Crippen LogP contribution in [0.1, 0.15) is 28.3 Å². The number of nitrogens with two attached hydrogens (primary N) is 1. The van der Waals surface area contributed by atoms with Gasteiger partial charge in [-0.25, -0.2) is 4.39 Å². The van der Waals surface area contributed by atoms with Gasteiger partial charge in [0.25, 0.3) is 0 Å². The number of hydrogen-bond donors (Lipinski definition) is 1. The van der Waals surface area contributed by atoms with E-state index in [4.69, 9.17) is 17.3 Å². The lowest BCUT2D eigenvalue weighted by atomic mass is 9.95. The molecule has 0 aliphatic rings. The molecule has 1 atom stereocenters. The Morgan fingerprint density at radius 1 is 1.16 bits per heavy atom. The van der Waals surface area contributed by atoms with Gasteiger partial charge in [-0.15, -0.1) is 0 Å². The third-order valence-electron chi connectivity index (χ3n) is 3.27. The molecule has 0 fully saturated rings. The molecule has 19 heavy (non-hydrogen) atoms. The fraction of sp³-hybridized carbons (Fsp3) is 0.250. The highest BCUT2D eigenvalue weighted by Gasteiger charge is 2.11. The topological polar surface area (TPSA) is 26.0 Å². The Morgan fingerprint density at radius 2 is 1.89 bits per heavy atom. The Morgan fingerprint density at radius 3 is 2.58 bits per heavy atom. The van der Waals surface area contributed by atoms with Crippen molar-refractivity contribution in [2.45, 2.75) is 26.3 Å². The average molecular weight is 278 g/mol. The molecular weight excluding hydrogens is 261 g/mol. The van der Waals surface area contributed by atoms with E-state index in [1.807, 2.05) is 13.8 Å². The molecule has 0 spiro atoms. The molecule has 0 saturated carbocycles. The molecule has 1 unspecified atom stereocenters. The third kappa shape index (κ3) is 3.34. The summed E-state index contributed by atoms with van der Waals surface area (Å²) in [6.07, 6.45) is 0.643. The summed E-state index contributed by atoms with van der Waals surface area (Å²) < 4.78 is 13.1. The average Bonchev–Trinajstić information content (AvgIpc) is 2.36. The molecule has 3 heteroatoms. The van der Waals surface area contributed by atoms with Crippen molar-refractivity contribution >= 4 is 11.6 Å². The molecule has 0 heterocycles. The maximum atomic E-state index is 13.1. The van der Waals surface area contributed by atoms with Crippen molar-refractivity contribution in [3.05, 3.63) is 69.5 Å². The summed E-state index contributed by atoms with van der Waals surface area (Å²) in [5, 5.41) is 0.144. The van der Waals surface area contributed by atoms with Crippen LogP contribution in [0.5, 0.6) is 0 Å². The Balaban J connectivity index is 2.22. The van der Waals surface area contributed by atoms with Crippen LogP contribution in [-0.4, -0.2) is 0 Å². The Labute approximate surface area is 118 Å². The zero-order valence-electron chi connectivity index (χ0n) is 11.1. The lowest BCUT2D eigenvalue weighted by Crippen LogP contribution is -2.15. The quantitative estimate of drug-likeness (QED) is 0.887. The van der Waals surface area contributed by atoms with E-state index in [0.29, 0.717) is 6.42 Å². The number of halogens is 2. The van der Waals surface area contributed by atoms with Gasteiger partial charge >= 0.3 is 0 Å². The number of hydrogen-bond acceptors (Lipinski definition) is 1. The summed E-state index contributed by atoms with van der Waals surface area (Å²) in [7, 11) is 0. The van der Waals surface area contributed by atoms with E-state index in [9.17, 15) is 4.39 Å². The molecular formula is C16H17ClFN. The molecule has 0 aliphatic heterocycles. The minimum atomic E-state index is -0.397. The fourth-order valence-electron chi connectivity index (χ4n) is 2.19. The Hall–Kier alpha value is -1.38. The summed E-state index contributed by atoms with van der Waals surface area (Å²) >= 11 is 5.78. The standard InChI is InChI=1S/C16H17ClFN/c1-10-3-4-11(2)13(7-10)16(19)9-12-5-6-15(18)14(17)8-12/h3-8,16H,9,19H2,1-2H3. The van der Waals surface area contributed by atoms with Crippen molar-refractivity contribution in [1.29, 1.82) is 0 Å². The van der Waals surface area contributed by atoms with Crippen molar-refractivity contribution in [2.75, 3.05) is 0 Å². The first-order chi connectivity index (χ1) is 8.97. The minimum absolute atomic E-state index is 0.110. The molecule has 100 valence electrons. The van der Waals surface area contributed by atoms with E-state index in [1.54, 1.807) is 12.1 Å². The summed E-state index contributed by atoms with van der Waals surface area (Å²) in [5.74, 6) is -0.397. The highest BCUT2D eigenvalue weighted by atomic mass is 35.5. The largest absolute Gasteiger partial charge is 0.324 e. The van der Waals surface area contributed by atoms with Gasteiger partial charge in [-0.3, -0.25) is 0 Å². The molecule has 0 bridgehead atoms. The van der Waals surface area contributed by atoms with Crippen LogP contribution in [0, 0.1) is 19.7 Å². The zero-order chi connectivity index (χ0) is 14.0. The van der Waals surface area contributed by atoms with E-state index >= 15 is 0 Å². The van der Waals surface area contributed by atoms with Crippen LogP contribution in [0.25, 0.3) is 0 Å². The maximum Gasteiger partial charge on any atom is 0.141 e. The van der Waals surface area contributed by atoms with Crippen LogP contribution in [0.3, 0.4) is 0 Å². The summed E-state index contributed by atoms with van der Waals surface area (Å²) in [6.45, 7) is 4.09. The minimum Gasteiger partial charge on any atom is -0.324 e. The fourth-order valence-corrected chi connectivity index (χ4v) is 2.39. The molecule has 2 rings (SSSR count). The summed E-state index contributed by atoms with van der Waals surface area (Å²) in [5.41, 5.74) is 10.7. The molecule has 0 aromatic heterocycles. The van der Waals surface area contributed by atoms with Crippen molar-refractivity contribution in [2.24, 2.45) is 5.73 Å². The van der Waals surface area contributed by atoms with E-state index in [0.717, 1.165) is 11.1 Å². The van der Waals surface area contributed by atoms with Crippen molar-refractivity contribution in [1.82, 2.24) is 0 Å². The van der Waals surface area contributed by atoms with Gasteiger partial charge in [0.2, 0.25) is 0 Å². The predicted octanol–water partition coefficient (Wildman–Crippen LogP) is 4.34. The predicted molar refractivity (Wildman–Crippen MR) is 78.0 cm³/mol. The first-order valence-electron chi connectivity index (χ1n) is 6.24. The van der Waals surface area contributed by atoms with Crippen LogP contribution in [0.15, 0.2) is 36.4 Å². The van der Waals surface area contributed by atoms with Crippen molar-refractivity contribution in [3.63, 3.8) is 0 Å². The molecule has 1 nitrogen and oxygen atoms in total. The Kier molecular flexibility index (Phi) is 4.23. The van der Waals surface area contributed by atoms with E-state index in [-0.39, 0.29) is 11.1 Å². The van der Waals surface area contributed by atoms with Crippen LogP contribution >= 0.6 is 11.6 Å². The first kappa shape index (κ1) is 14.0. The number of aryl methyl sites for hydroxylation is 2. The molecule has 0 aliphatic carbocycles. The number of benzene rings is 2. The molecule has 2 aromatic rings. The molecule has 2 N–H and O–H groups in total.